The Morgan fingerprint density at radius 2 is 1.93 bits per heavy atom. The lowest BCUT2D eigenvalue weighted by atomic mass is 10.1. The largest absolute Gasteiger partial charge is 0.352 e. The smallest absolute Gasteiger partial charge is 0.251 e. The Bertz CT molecular complexity index is 1160. The predicted molar refractivity (Wildman–Crippen MR) is 114 cm³/mol. The number of nitrogens with one attached hydrogen (secondary N) is 1. The number of carbonyl (C=O) groups excluding carboxylic acids is 1. The van der Waals surface area contributed by atoms with E-state index in [0.717, 1.165) is 11.1 Å². The molecule has 5 nitrogen and oxygen atoms in total. The molecular weight excluding hydrogens is 423 g/mol. The van der Waals surface area contributed by atoms with E-state index < -0.39 is 10.0 Å². The van der Waals surface area contributed by atoms with Crippen LogP contribution in [0.5, 0.6) is 0 Å². The predicted octanol–water partition coefficient (Wildman–Crippen LogP) is 3.61. The van der Waals surface area contributed by atoms with Crippen molar-refractivity contribution in [3.63, 3.8) is 0 Å². The highest BCUT2D eigenvalue weighted by molar-refractivity contribution is 7.89. The van der Waals surface area contributed by atoms with E-state index in [0.29, 0.717) is 38.0 Å². The van der Waals surface area contributed by atoms with Crippen LogP contribution in [0.15, 0.2) is 64.9 Å². The summed E-state index contributed by atoms with van der Waals surface area (Å²) in [7, 11) is -3.68. The van der Waals surface area contributed by atoms with Gasteiger partial charge in [-0.1, -0.05) is 18.2 Å². The van der Waals surface area contributed by atoms with Crippen molar-refractivity contribution in [2.24, 2.45) is 0 Å². The Kier molecular flexibility index (Phi) is 5.99. The van der Waals surface area contributed by atoms with Crippen molar-refractivity contribution in [3.05, 3.63) is 87.4 Å². The normalized spacial score (nSPS) is 14.3. The summed E-state index contributed by atoms with van der Waals surface area (Å²) in [4.78, 5) is 13.8. The Morgan fingerprint density at radius 1 is 1.13 bits per heavy atom. The van der Waals surface area contributed by atoms with Crippen LogP contribution in [0, 0.1) is 5.82 Å². The van der Waals surface area contributed by atoms with Gasteiger partial charge in [0.05, 0.1) is 4.90 Å². The van der Waals surface area contributed by atoms with E-state index in [2.05, 4.69) is 5.32 Å². The Balaban J connectivity index is 1.42. The first-order valence-electron chi connectivity index (χ1n) is 9.61. The van der Waals surface area contributed by atoms with Crippen LogP contribution >= 0.6 is 11.3 Å². The van der Waals surface area contributed by atoms with Gasteiger partial charge in [-0.25, -0.2) is 12.8 Å². The first kappa shape index (κ1) is 20.7. The number of halogens is 1. The van der Waals surface area contributed by atoms with E-state index in [4.69, 9.17) is 0 Å². The molecule has 0 fully saturated rings. The number of amides is 1. The average molecular weight is 445 g/mol. The van der Waals surface area contributed by atoms with Crippen molar-refractivity contribution in [1.82, 2.24) is 9.62 Å². The Hall–Kier alpha value is -2.55. The fourth-order valence-electron chi connectivity index (χ4n) is 3.45. The van der Waals surface area contributed by atoms with Gasteiger partial charge in [0.15, 0.2) is 0 Å². The highest BCUT2D eigenvalue weighted by Gasteiger charge is 2.29. The number of fused-ring (bicyclic) bond motifs is 1. The van der Waals surface area contributed by atoms with Gasteiger partial charge in [-0.05, 0) is 65.7 Å². The quantitative estimate of drug-likeness (QED) is 0.632. The Morgan fingerprint density at radius 3 is 2.73 bits per heavy atom. The van der Waals surface area contributed by atoms with Crippen molar-refractivity contribution >= 4 is 27.3 Å². The molecule has 0 radical (unpaired) electrons. The summed E-state index contributed by atoms with van der Waals surface area (Å²) >= 11 is 1.65. The fraction of sp³-hybridized carbons (Fsp3) is 0.227. The van der Waals surface area contributed by atoms with Crippen LogP contribution in [-0.2, 0) is 29.4 Å². The van der Waals surface area contributed by atoms with Crippen molar-refractivity contribution in [3.8, 4) is 0 Å². The summed E-state index contributed by atoms with van der Waals surface area (Å²) in [6.45, 7) is 1.16. The van der Waals surface area contributed by atoms with E-state index in [1.54, 1.807) is 35.6 Å². The number of carbonyl (C=O) groups is 1. The molecule has 3 aromatic rings. The van der Waals surface area contributed by atoms with Gasteiger partial charge in [-0.2, -0.15) is 4.31 Å². The van der Waals surface area contributed by atoms with Gasteiger partial charge in [0.25, 0.3) is 5.91 Å². The maximum absolute atomic E-state index is 13.1. The molecule has 0 unspecified atom stereocenters. The van der Waals surface area contributed by atoms with Gasteiger partial charge in [-0.3, -0.25) is 4.79 Å². The second-order valence-corrected chi connectivity index (χ2v) is 10.1. The highest BCUT2D eigenvalue weighted by Crippen LogP contribution is 2.28. The fourth-order valence-corrected chi connectivity index (χ4v) is 5.80. The lowest BCUT2D eigenvalue weighted by molar-refractivity contribution is 0.0954. The van der Waals surface area contributed by atoms with E-state index >= 15 is 0 Å². The molecule has 4 rings (SSSR count). The van der Waals surface area contributed by atoms with Crippen LogP contribution in [-0.4, -0.2) is 31.7 Å². The molecule has 1 aliphatic heterocycles. The summed E-state index contributed by atoms with van der Waals surface area (Å²) < 4.78 is 40.6. The molecule has 1 N–H and O–H groups in total. The summed E-state index contributed by atoms with van der Waals surface area (Å²) in [6.07, 6.45) is 1.26. The molecule has 0 bridgehead atoms. The van der Waals surface area contributed by atoms with Crippen LogP contribution in [0.3, 0.4) is 0 Å². The number of hydrogen-bond acceptors (Lipinski definition) is 4. The van der Waals surface area contributed by atoms with Crippen LogP contribution in [0.4, 0.5) is 4.39 Å². The van der Waals surface area contributed by atoms with Crippen molar-refractivity contribution in [1.29, 1.82) is 0 Å². The monoisotopic (exact) mass is 444 g/mol. The van der Waals surface area contributed by atoms with Crippen molar-refractivity contribution in [2.45, 2.75) is 24.3 Å². The molecule has 2 aromatic carbocycles. The van der Waals surface area contributed by atoms with E-state index in [1.807, 2.05) is 11.4 Å². The summed E-state index contributed by atoms with van der Waals surface area (Å²) in [5, 5.41) is 4.77. The molecule has 0 saturated carbocycles. The molecular formula is C22H21FN2O3S2. The van der Waals surface area contributed by atoms with E-state index in [1.165, 1.54) is 33.4 Å². The molecule has 1 aromatic heterocycles. The van der Waals surface area contributed by atoms with Crippen LogP contribution in [0.2, 0.25) is 0 Å². The molecule has 0 atom stereocenters. The maximum atomic E-state index is 13.1. The highest BCUT2D eigenvalue weighted by atomic mass is 32.2. The number of benzene rings is 2. The van der Waals surface area contributed by atoms with Crippen molar-refractivity contribution < 1.29 is 17.6 Å². The lowest BCUT2D eigenvalue weighted by Crippen LogP contribution is -2.35. The molecule has 0 aliphatic carbocycles. The molecule has 30 heavy (non-hydrogen) atoms. The third-order valence-corrected chi connectivity index (χ3v) is 7.98. The van der Waals surface area contributed by atoms with Crippen LogP contribution in [0.1, 0.15) is 26.4 Å². The maximum Gasteiger partial charge on any atom is 0.251 e. The van der Waals surface area contributed by atoms with Crippen LogP contribution < -0.4 is 5.32 Å². The first-order valence-corrected chi connectivity index (χ1v) is 11.9. The average Bonchev–Trinajstić information content (AvgIpc) is 3.23. The third kappa shape index (κ3) is 4.45. The third-order valence-electron chi connectivity index (χ3n) is 5.12. The molecule has 0 spiro atoms. The number of thiophene rings is 1. The standard InChI is InChI=1S/C22H21FN2O3S2/c23-19-6-4-16(5-7-19)8-11-24-22(26)17-2-1-3-20(14-17)30(27,28)25-12-9-21-18(15-25)10-13-29-21/h1-7,10,13-14H,8-9,11-12,15H2,(H,24,26). The molecule has 1 amide bonds. The number of sulfonamides is 1. The summed E-state index contributed by atoms with van der Waals surface area (Å²) in [5.41, 5.74) is 2.25. The summed E-state index contributed by atoms with van der Waals surface area (Å²) in [5.74, 6) is -0.641. The second kappa shape index (κ2) is 8.67. The zero-order valence-electron chi connectivity index (χ0n) is 16.2. The van der Waals surface area contributed by atoms with Gasteiger partial charge in [0.1, 0.15) is 5.82 Å². The second-order valence-electron chi connectivity index (χ2n) is 7.12. The minimum absolute atomic E-state index is 0.118. The SMILES string of the molecule is O=C(NCCc1ccc(F)cc1)c1cccc(S(=O)(=O)N2CCc3sccc3C2)c1. The number of hydrogen-bond donors (Lipinski definition) is 1. The topological polar surface area (TPSA) is 66.5 Å². The Labute approximate surface area is 179 Å². The lowest BCUT2D eigenvalue weighted by Gasteiger charge is -2.26. The minimum atomic E-state index is -3.68. The molecule has 156 valence electrons. The molecule has 2 heterocycles. The van der Waals surface area contributed by atoms with Crippen LogP contribution in [0.25, 0.3) is 0 Å². The van der Waals surface area contributed by atoms with Gasteiger partial charge >= 0.3 is 0 Å². The molecule has 0 saturated heterocycles. The van der Waals surface area contributed by atoms with E-state index in [9.17, 15) is 17.6 Å². The molecule has 1 aliphatic rings. The first-order chi connectivity index (χ1) is 14.4. The zero-order valence-corrected chi connectivity index (χ0v) is 17.8. The van der Waals surface area contributed by atoms with Gasteiger partial charge in [0.2, 0.25) is 10.0 Å². The van der Waals surface area contributed by atoms with Gasteiger partial charge in [-0.15, -0.1) is 11.3 Å². The molecule has 8 heteroatoms. The zero-order chi connectivity index (χ0) is 21.1. The number of nitrogens with zero attached hydrogens (tertiary/aromatic N) is 1. The van der Waals surface area contributed by atoms with E-state index in [-0.39, 0.29) is 16.6 Å². The summed E-state index contributed by atoms with van der Waals surface area (Å²) in [6, 6.07) is 14.2. The van der Waals surface area contributed by atoms with Gasteiger partial charge in [0, 0.05) is 30.1 Å². The number of rotatable bonds is 6. The minimum Gasteiger partial charge on any atom is -0.352 e. The van der Waals surface area contributed by atoms with Gasteiger partial charge < -0.3 is 5.32 Å². The van der Waals surface area contributed by atoms with Crippen molar-refractivity contribution in [2.75, 3.05) is 13.1 Å².